The van der Waals surface area contributed by atoms with Crippen LogP contribution in [0.15, 0.2) is 74.1 Å². The molecule has 0 aliphatic heterocycles. The summed E-state index contributed by atoms with van der Waals surface area (Å²) >= 11 is 1.32. The van der Waals surface area contributed by atoms with Gasteiger partial charge in [-0.15, -0.1) is 5.10 Å². The van der Waals surface area contributed by atoms with E-state index in [1.165, 1.54) is 26.7 Å². The second-order valence-electron chi connectivity index (χ2n) is 5.94. The van der Waals surface area contributed by atoms with Crippen LogP contribution in [-0.4, -0.2) is 29.2 Å². The second kappa shape index (κ2) is 6.50. The van der Waals surface area contributed by atoms with Crippen LogP contribution in [0.2, 0.25) is 0 Å². The summed E-state index contributed by atoms with van der Waals surface area (Å²) in [5.41, 5.74) is 1.57. The molecule has 0 saturated carbocycles. The zero-order valence-electron chi connectivity index (χ0n) is 14.3. The molecule has 0 saturated heterocycles. The summed E-state index contributed by atoms with van der Waals surface area (Å²) < 4.78 is 8.30. The summed E-state index contributed by atoms with van der Waals surface area (Å²) in [5, 5.41) is 11.5. The Hall–Kier alpha value is -3.66. The van der Waals surface area contributed by atoms with E-state index in [1.807, 2.05) is 6.07 Å². The van der Waals surface area contributed by atoms with E-state index in [-0.39, 0.29) is 11.1 Å². The van der Waals surface area contributed by atoms with Crippen molar-refractivity contribution >= 4 is 22.9 Å². The van der Waals surface area contributed by atoms with Gasteiger partial charge in [0.1, 0.15) is 16.9 Å². The molecule has 0 unspecified atom stereocenters. The summed E-state index contributed by atoms with van der Waals surface area (Å²) in [6.07, 6.45) is 3.22. The van der Waals surface area contributed by atoms with Crippen molar-refractivity contribution in [1.29, 1.82) is 0 Å². The summed E-state index contributed by atoms with van der Waals surface area (Å²) in [6.45, 7) is 0. The molecule has 5 aromatic heterocycles. The molecule has 0 atom stereocenters. The smallest absolute Gasteiger partial charge is 0.290 e. The molecule has 0 radical (unpaired) electrons. The lowest BCUT2D eigenvalue weighted by Crippen LogP contribution is -2.15. The fourth-order valence-corrected chi connectivity index (χ4v) is 3.64. The molecule has 138 valence electrons. The van der Waals surface area contributed by atoms with Gasteiger partial charge < -0.3 is 4.42 Å². The van der Waals surface area contributed by atoms with Crippen molar-refractivity contribution < 1.29 is 4.42 Å². The largest absolute Gasteiger partial charge is 0.463 e. The second-order valence-corrected chi connectivity index (χ2v) is 6.88. The number of thioether (sulfide) groups is 1. The lowest BCUT2D eigenvalue weighted by Gasteiger charge is -2.04. The lowest BCUT2D eigenvalue weighted by molar-refractivity contribution is 0.578. The van der Waals surface area contributed by atoms with Gasteiger partial charge in [0.15, 0.2) is 5.76 Å². The van der Waals surface area contributed by atoms with Gasteiger partial charge in [-0.05, 0) is 24.3 Å². The average Bonchev–Trinajstić information content (AvgIpc) is 3.38. The number of fused-ring (bicyclic) bond motifs is 2. The number of hydrogen-bond donors (Lipinski definition) is 1. The van der Waals surface area contributed by atoms with Gasteiger partial charge in [0.2, 0.25) is 5.16 Å². The quantitative estimate of drug-likeness (QED) is 0.466. The highest BCUT2D eigenvalue weighted by atomic mass is 32.2. The van der Waals surface area contributed by atoms with E-state index >= 15 is 0 Å². The Labute approximate surface area is 160 Å². The van der Waals surface area contributed by atoms with Gasteiger partial charge in [0.25, 0.3) is 11.1 Å². The lowest BCUT2D eigenvalue weighted by atomic mass is 10.3. The Morgan fingerprint density at radius 3 is 2.93 bits per heavy atom. The van der Waals surface area contributed by atoms with E-state index in [1.54, 1.807) is 42.8 Å². The minimum Gasteiger partial charge on any atom is -0.463 e. The molecule has 5 heterocycles. The first-order valence-electron chi connectivity index (χ1n) is 8.31. The first kappa shape index (κ1) is 16.5. The molecule has 9 nitrogen and oxygen atoms in total. The first-order chi connectivity index (χ1) is 13.7. The predicted octanol–water partition coefficient (Wildman–Crippen LogP) is 1.98. The van der Waals surface area contributed by atoms with Crippen LogP contribution in [0.25, 0.3) is 22.6 Å². The topological polar surface area (TPSA) is 111 Å². The summed E-state index contributed by atoms with van der Waals surface area (Å²) in [6, 6.07) is 12.0. The average molecular weight is 392 g/mol. The molecule has 0 aromatic carbocycles. The Morgan fingerprint density at radius 2 is 2.07 bits per heavy atom. The predicted molar refractivity (Wildman–Crippen MR) is 102 cm³/mol. The molecule has 5 rings (SSSR count). The van der Waals surface area contributed by atoms with E-state index in [9.17, 15) is 9.59 Å². The number of furan rings is 1. The standard InChI is InChI=1S/C18H12N6O3S/c25-16-8-11(19-15-5-1-2-6-23(15)16)10-28-18-21-20-17(26)13-9-12(22-24(13)18)14-4-3-7-27-14/h1-9H,10H2,(H,20,26). The Balaban J connectivity index is 1.51. The molecule has 28 heavy (non-hydrogen) atoms. The monoisotopic (exact) mass is 392 g/mol. The molecule has 0 fully saturated rings. The normalized spacial score (nSPS) is 11.4. The molecule has 0 amide bonds. The Bertz CT molecular complexity index is 1420. The van der Waals surface area contributed by atoms with Crippen LogP contribution in [0.4, 0.5) is 0 Å². The Morgan fingerprint density at radius 1 is 1.14 bits per heavy atom. The van der Waals surface area contributed by atoms with Crippen molar-refractivity contribution in [2.24, 2.45) is 0 Å². The first-order valence-corrected chi connectivity index (χ1v) is 9.30. The molecular weight excluding hydrogens is 380 g/mol. The highest BCUT2D eigenvalue weighted by Gasteiger charge is 2.14. The third-order valence-electron chi connectivity index (χ3n) is 4.12. The number of aromatic nitrogens is 6. The van der Waals surface area contributed by atoms with Gasteiger partial charge in [-0.1, -0.05) is 17.8 Å². The highest BCUT2D eigenvalue weighted by molar-refractivity contribution is 7.98. The summed E-state index contributed by atoms with van der Waals surface area (Å²) in [4.78, 5) is 28.8. The van der Waals surface area contributed by atoms with Crippen LogP contribution in [0.5, 0.6) is 0 Å². The third-order valence-corrected chi connectivity index (χ3v) is 5.09. The van der Waals surface area contributed by atoms with Gasteiger partial charge in [-0.3, -0.25) is 14.0 Å². The van der Waals surface area contributed by atoms with Crippen molar-refractivity contribution in [2.75, 3.05) is 0 Å². The number of rotatable bonds is 4. The molecule has 10 heteroatoms. The molecule has 1 N–H and O–H groups in total. The number of nitrogens with one attached hydrogen (secondary N) is 1. The van der Waals surface area contributed by atoms with E-state index in [4.69, 9.17) is 4.42 Å². The fraction of sp³-hybridized carbons (Fsp3) is 0.0556. The van der Waals surface area contributed by atoms with E-state index in [2.05, 4.69) is 20.3 Å². The zero-order valence-corrected chi connectivity index (χ0v) is 15.1. The maximum Gasteiger partial charge on any atom is 0.290 e. The minimum atomic E-state index is -0.350. The number of H-pyrrole nitrogens is 1. The van der Waals surface area contributed by atoms with Crippen molar-refractivity contribution in [3.63, 3.8) is 0 Å². The van der Waals surface area contributed by atoms with Crippen LogP contribution in [0.1, 0.15) is 5.69 Å². The number of aromatic amines is 1. The van der Waals surface area contributed by atoms with Crippen LogP contribution < -0.4 is 11.1 Å². The molecule has 0 spiro atoms. The summed E-state index contributed by atoms with van der Waals surface area (Å²) in [5.74, 6) is 0.952. The van der Waals surface area contributed by atoms with Crippen molar-refractivity contribution in [1.82, 2.24) is 29.2 Å². The van der Waals surface area contributed by atoms with E-state index < -0.39 is 0 Å². The summed E-state index contributed by atoms with van der Waals surface area (Å²) in [7, 11) is 0. The number of hydrogen-bond acceptors (Lipinski definition) is 7. The number of nitrogens with zero attached hydrogens (tertiary/aromatic N) is 5. The van der Waals surface area contributed by atoms with Gasteiger partial charge in [-0.25, -0.2) is 14.6 Å². The third kappa shape index (κ3) is 2.79. The molecule has 0 aliphatic carbocycles. The maximum atomic E-state index is 12.2. The minimum absolute atomic E-state index is 0.153. The number of pyridine rings is 1. The van der Waals surface area contributed by atoms with Crippen molar-refractivity contribution in [3.05, 3.63) is 81.3 Å². The van der Waals surface area contributed by atoms with Crippen LogP contribution in [0, 0.1) is 0 Å². The molecular formula is C18H12N6O3S. The maximum absolute atomic E-state index is 12.2. The molecule has 0 aliphatic rings. The van der Waals surface area contributed by atoms with Crippen LogP contribution in [-0.2, 0) is 5.75 Å². The highest BCUT2D eigenvalue weighted by Crippen LogP contribution is 2.23. The van der Waals surface area contributed by atoms with Crippen molar-refractivity contribution in [3.8, 4) is 11.5 Å². The SMILES string of the molecule is O=c1[nH]nc(SCc2cc(=O)n3ccccc3n2)n2nc(-c3ccco3)cc12. The molecule has 0 bridgehead atoms. The van der Waals surface area contributed by atoms with Crippen LogP contribution in [0.3, 0.4) is 0 Å². The van der Waals surface area contributed by atoms with E-state index in [0.29, 0.717) is 39.2 Å². The van der Waals surface area contributed by atoms with Gasteiger partial charge >= 0.3 is 0 Å². The van der Waals surface area contributed by atoms with Crippen molar-refractivity contribution in [2.45, 2.75) is 10.9 Å². The van der Waals surface area contributed by atoms with Gasteiger partial charge in [-0.2, -0.15) is 5.10 Å². The van der Waals surface area contributed by atoms with E-state index in [0.717, 1.165) is 0 Å². The van der Waals surface area contributed by atoms with Crippen LogP contribution >= 0.6 is 11.8 Å². The van der Waals surface area contributed by atoms with Gasteiger partial charge in [0, 0.05) is 24.1 Å². The molecule has 5 aromatic rings. The fourth-order valence-electron chi connectivity index (χ4n) is 2.85. The van der Waals surface area contributed by atoms with Gasteiger partial charge in [0.05, 0.1) is 12.0 Å². The zero-order chi connectivity index (χ0) is 19.1. The Kier molecular flexibility index (Phi) is 3.83.